The average Bonchev–Trinajstić information content (AvgIpc) is 3.46. The van der Waals surface area contributed by atoms with Gasteiger partial charge in [0.05, 0.1) is 35.7 Å². The van der Waals surface area contributed by atoms with Crippen molar-refractivity contribution >= 4 is 17.8 Å². The quantitative estimate of drug-likeness (QED) is 0.488. The van der Waals surface area contributed by atoms with Gasteiger partial charge in [-0.1, -0.05) is 0 Å². The lowest BCUT2D eigenvalue weighted by Crippen LogP contribution is -2.53. The first-order chi connectivity index (χ1) is 17.8. The molecule has 9 nitrogen and oxygen atoms in total. The van der Waals surface area contributed by atoms with E-state index in [1.165, 1.54) is 19.2 Å². The van der Waals surface area contributed by atoms with Crippen LogP contribution in [0.15, 0.2) is 12.1 Å². The molecule has 4 rings (SSSR count). The van der Waals surface area contributed by atoms with Gasteiger partial charge in [0, 0.05) is 17.6 Å². The zero-order valence-electron chi connectivity index (χ0n) is 22.9. The molecule has 0 heterocycles. The lowest BCUT2D eigenvalue weighted by atomic mass is 9.75. The number of aliphatic carboxylic acids is 1. The topological polar surface area (TPSA) is 138 Å². The third-order valence-electron chi connectivity index (χ3n) is 8.53. The number of nitriles is 1. The Morgan fingerprint density at radius 3 is 2.32 bits per heavy atom. The molecule has 0 aliphatic heterocycles. The number of benzene rings is 1. The number of carbonyl (C=O) groups is 3. The molecule has 3 saturated carbocycles. The number of carboxylic acid groups (broad SMARTS) is 1. The van der Waals surface area contributed by atoms with Crippen LogP contribution in [-0.4, -0.2) is 47.7 Å². The molecule has 2 amide bonds. The lowest BCUT2D eigenvalue weighted by Gasteiger charge is -2.34. The van der Waals surface area contributed by atoms with E-state index >= 15 is 0 Å². The number of carboxylic acids is 1. The fourth-order valence-corrected chi connectivity index (χ4v) is 6.39. The van der Waals surface area contributed by atoms with Crippen molar-refractivity contribution in [3.63, 3.8) is 0 Å². The molecule has 3 fully saturated rings. The molecule has 3 N–H and O–H groups in total. The summed E-state index contributed by atoms with van der Waals surface area (Å²) in [5.41, 5.74) is -0.658. The standard InChI is InChI=1S/C29H39N3O6/c1-28(2,3)32-26(34)23-16-6-7-17(12-16)24(23)31-25(33)20-14-21(18(15-30)13-22(20)37-5)38-19-8-10-29(4,11-9-19)27(35)36/h13-14,16-17,19,23-24H,6-12H2,1-5H3,(H,31,33)(H,32,34)(H,35,36)/t16-,17+,19?,23+,24-,29?/m1/s1. The molecule has 4 atom stereocenters. The van der Waals surface area contributed by atoms with Crippen molar-refractivity contribution in [2.45, 2.75) is 90.3 Å². The van der Waals surface area contributed by atoms with Gasteiger partial charge in [0.1, 0.15) is 17.6 Å². The van der Waals surface area contributed by atoms with Crippen LogP contribution in [0.4, 0.5) is 0 Å². The molecule has 206 valence electrons. The number of amides is 2. The van der Waals surface area contributed by atoms with Crippen molar-refractivity contribution in [2.75, 3.05) is 7.11 Å². The molecule has 3 aliphatic rings. The highest BCUT2D eigenvalue weighted by molar-refractivity contribution is 5.98. The van der Waals surface area contributed by atoms with Crippen LogP contribution >= 0.6 is 0 Å². The van der Waals surface area contributed by atoms with E-state index in [4.69, 9.17) is 9.47 Å². The third kappa shape index (κ3) is 5.59. The van der Waals surface area contributed by atoms with Crippen molar-refractivity contribution in [1.29, 1.82) is 5.26 Å². The average molecular weight is 526 g/mol. The minimum atomic E-state index is -0.813. The van der Waals surface area contributed by atoms with Gasteiger partial charge >= 0.3 is 5.97 Å². The van der Waals surface area contributed by atoms with Gasteiger partial charge in [0.15, 0.2) is 0 Å². The number of carbonyl (C=O) groups excluding carboxylic acids is 2. The Morgan fingerprint density at radius 2 is 1.74 bits per heavy atom. The van der Waals surface area contributed by atoms with E-state index in [0.717, 1.165) is 19.3 Å². The summed E-state index contributed by atoms with van der Waals surface area (Å²) in [6.45, 7) is 7.59. The fraction of sp³-hybridized carbons (Fsp3) is 0.655. The number of nitrogens with zero attached hydrogens (tertiary/aromatic N) is 1. The van der Waals surface area contributed by atoms with Gasteiger partial charge in [-0.15, -0.1) is 0 Å². The van der Waals surface area contributed by atoms with E-state index in [2.05, 4.69) is 16.7 Å². The number of fused-ring (bicyclic) bond motifs is 2. The van der Waals surface area contributed by atoms with Crippen molar-refractivity contribution in [2.24, 2.45) is 23.2 Å². The zero-order chi connectivity index (χ0) is 27.8. The largest absolute Gasteiger partial charge is 0.496 e. The van der Waals surface area contributed by atoms with Crippen LogP contribution < -0.4 is 20.1 Å². The molecule has 0 saturated heterocycles. The molecule has 0 spiro atoms. The van der Waals surface area contributed by atoms with Crippen molar-refractivity contribution in [3.8, 4) is 17.6 Å². The summed E-state index contributed by atoms with van der Waals surface area (Å²) < 4.78 is 11.6. The van der Waals surface area contributed by atoms with Gasteiger partial charge in [-0.05, 0) is 90.5 Å². The Labute approximate surface area is 224 Å². The Morgan fingerprint density at radius 1 is 1.08 bits per heavy atom. The van der Waals surface area contributed by atoms with Crippen LogP contribution in [0.1, 0.15) is 88.6 Å². The Kier molecular flexibility index (Phi) is 7.64. The van der Waals surface area contributed by atoms with Crippen LogP contribution in [0.5, 0.6) is 11.5 Å². The SMILES string of the molecule is COc1cc(C#N)c(OC2CCC(C)(C(=O)O)CC2)cc1C(=O)N[C@@H]1[C@H]2CC[C@H](C2)[C@@H]1C(=O)NC(C)(C)C. The molecule has 0 unspecified atom stereocenters. The fourth-order valence-electron chi connectivity index (χ4n) is 6.39. The Hall–Kier alpha value is -3.28. The molecule has 1 aromatic carbocycles. The summed E-state index contributed by atoms with van der Waals surface area (Å²) >= 11 is 0. The number of ether oxygens (including phenoxy) is 2. The second-order valence-corrected chi connectivity index (χ2v) is 12.4. The summed E-state index contributed by atoms with van der Waals surface area (Å²) in [4.78, 5) is 38.3. The highest BCUT2D eigenvalue weighted by Crippen LogP contribution is 2.49. The van der Waals surface area contributed by atoms with Gasteiger partial charge in [-0.2, -0.15) is 5.26 Å². The van der Waals surface area contributed by atoms with E-state index < -0.39 is 11.4 Å². The van der Waals surface area contributed by atoms with Crippen molar-refractivity contribution < 1.29 is 29.0 Å². The predicted octanol–water partition coefficient (Wildman–Crippen LogP) is 4.04. The second-order valence-electron chi connectivity index (χ2n) is 12.4. The molecule has 38 heavy (non-hydrogen) atoms. The number of rotatable bonds is 7. The number of hydrogen-bond donors (Lipinski definition) is 3. The summed E-state index contributed by atoms with van der Waals surface area (Å²) in [6.07, 6.45) is 4.65. The Balaban J connectivity index is 1.54. The smallest absolute Gasteiger partial charge is 0.309 e. The molecule has 1 aromatic rings. The first-order valence-electron chi connectivity index (χ1n) is 13.5. The van der Waals surface area contributed by atoms with Crippen LogP contribution in [0.2, 0.25) is 0 Å². The molecular weight excluding hydrogens is 486 g/mol. The molecule has 0 radical (unpaired) electrons. The van der Waals surface area contributed by atoms with Gasteiger partial charge < -0.3 is 25.2 Å². The normalized spacial score (nSPS) is 30.3. The van der Waals surface area contributed by atoms with Crippen LogP contribution in [0, 0.1) is 34.5 Å². The highest BCUT2D eigenvalue weighted by atomic mass is 16.5. The maximum absolute atomic E-state index is 13.6. The number of hydrogen-bond acceptors (Lipinski definition) is 6. The molecular formula is C29H39N3O6. The highest BCUT2D eigenvalue weighted by Gasteiger charge is 2.52. The van der Waals surface area contributed by atoms with Gasteiger partial charge in [0.2, 0.25) is 5.91 Å². The third-order valence-corrected chi connectivity index (χ3v) is 8.53. The van der Waals surface area contributed by atoms with Gasteiger partial charge in [0.25, 0.3) is 5.91 Å². The maximum atomic E-state index is 13.6. The number of nitrogens with one attached hydrogen (secondary N) is 2. The van der Waals surface area contributed by atoms with Crippen LogP contribution in [0.3, 0.4) is 0 Å². The Bertz CT molecular complexity index is 1140. The first-order valence-corrected chi connectivity index (χ1v) is 13.5. The zero-order valence-corrected chi connectivity index (χ0v) is 22.9. The van der Waals surface area contributed by atoms with E-state index in [0.29, 0.717) is 25.7 Å². The summed E-state index contributed by atoms with van der Waals surface area (Å²) in [7, 11) is 1.44. The van der Waals surface area contributed by atoms with E-state index in [1.807, 2.05) is 20.8 Å². The summed E-state index contributed by atoms with van der Waals surface area (Å²) in [6, 6.07) is 4.87. The molecule has 2 bridgehead atoms. The number of methoxy groups -OCH3 is 1. The lowest BCUT2D eigenvalue weighted by molar-refractivity contribution is -0.150. The predicted molar refractivity (Wildman–Crippen MR) is 140 cm³/mol. The van der Waals surface area contributed by atoms with Crippen LogP contribution in [0.25, 0.3) is 0 Å². The van der Waals surface area contributed by atoms with Gasteiger partial charge in [-0.25, -0.2) is 0 Å². The molecule has 9 heteroatoms. The summed E-state index contributed by atoms with van der Waals surface area (Å²) in [5, 5.41) is 25.5. The summed E-state index contributed by atoms with van der Waals surface area (Å²) in [5.74, 6) is -0.483. The monoisotopic (exact) mass is 525 g/mol. The van der Waals surface area contributed by atoms with E-state index in [9.17, 15) is 24.8 Å². The minimum Gasteiger partial charge on any atom is -0.496 e. The van der Waals surface area contributed by atoms with Crippen LogP contribution in [-0.2, 0) is 9.59 Å². The maximum Gasteiger partial charge on any atom is 0.309 e. The van der Waals surface area contributed by atoms with Crippen molar-refractivity contribution in [3.05, 3.63) is 23.3 Å². The van der Waals surface area contributed by atoms with Crippen molar-refractivity contribution in [1.82, 2.24) is 10.6 Å². The van der Waals surface area contributed by atoms with E-state index in [-0.39, 0.29) is 69.9 Å². The second kappa shape index (κ2) is 10.5. The minimum absolute atomic E-state index is 0.0310. The first kappa shape index (κ1) is 27.7. The van der Waals surface area contributed by atoms with E-state index in [1.54, 1.807) is 6.92 Å². The molecule has 0 aromatic heterocycles. The molecule has 3 aliphatic carbocycles. The van der Waals surface area contributed by atoms with Gasteiger partial charge in [-0.3, -0.25) is 14.4 Å².